The minimum absolute atomic E-state index is 0. The van der Waals surface area contributed by atoms with Gasteiger partial charge in [-0.1, -0.05) is 12.1 Å². The van der Waals surface area contributed by atoms with Gasteiger partial charge in [-0.05, 0) is 24.7 Å². The minimum atomic E-state index is -0.479. The van der Waals surface area contributed by atoms with E-state index in [4.69, 9.17) is 0 Å². The SMILES string of the molecule is CNC(C(=O)NCc1cccc(C(=O)OC)c1)c1cnn(C)c1.Cl. The first kappa shape index (κ1) is 19.7. The lowest BCUT2D eigenvalue weighted by atomic mass is 10.1. The van der Waals surface area contributed by atoms with Crippen LogP contribution in [-0.4, -0.2) is 35.8 Å². The molecule has 2 aromatic rings. The maximum Gasteiger partial charge on any atom is 0.337 e. The van der Waals surface area contributed by atoms with Crippen LogP contribution in [0.2, 0.25) is 0 Å². The molecule has 1 aromatic carbocycles. The highest BCUT2D eigenvalue weighted by Crippen LogP contribution is 2.12. The smallest absolute Gasteiger partial charge is 0.337 e. The normalized spacial score (nSPS) is 11.3. The molecule has 0 aliphatic carbocycles. The number of benzene rings is 1. The second-order valence-electron chi connectivity index (χ2n) is 5.08. The summed E-state index contributed by atoms with van der Waals surface area (Å²) in [5.74, 6) is -0.564. The van der Waals surface area contributed by atoms with E-state index in [2.05, 4.69) is 20.5 Å². The van der Waals surface area contributed by atoms with Gasteiger partial charge in [0.2, 0.25) is 5.91 Å². The minimum Gasteiger partial charge on any atom is -0.465 e. The summed E-state index contributed by atoms with van der Waals surface area (Å²) in [6, 6.07) is 6.48. The summed E-state index contributed by atoms with van der Waals surface area (Å²) in [6.45, 7) is 0.322. The third-order valence-electron chi connectivity index (χ3n) is 3.42. The summed E-state index contributed by atoms with van der Waals surface area (Å²) in [4.78, 5) is 23.8. The monoisotopic (exact) mass is 352 g/mol. The predicted octanol–water partition coefficient (Wildman–Crippen LogP) is 1.21. The highest BCUT2D eigenvalue weighted by atomic mass is 35.5. The van der Waals surface area contributed by atoms with E-state index >= 15 is 0 Å². The Labute approximate surface area is 146 Å². The third-order valence-corrected chi connectivity index (χ3v) is 3.42. The highest BCUT2D eigenvalue weighted by Gasteiger charge is 2.19. The van der Waals surface area contributed by atoms with E-state index in [0.29, 0.717) is 12.1 Å². The fourth-order valence-corrected chi connectivity index (χ4v) is 2.26. The van der Waals surface area contributed by atoms with Crippen LogP contribution >= 0.6 is 12.4 Å². The number of methoxy groups -OCH3 is 1. The Bertz CT molecular complexity index is 702. The van der Waals surface area contributed by atoms with Crippen LogP contribution < -0.4 is 10.6 Å². The summed E-state index contributed by atoms with van der Waals surface area (Å²) < 4.78 is 6.33. The average Bonchev–Trinajstić information content (AvgIpc) is 2.99. The second kappa shape index (κ2) is 9.05. The Balaban J connectivity index is 0.00000288. The first-order valence-electron chi connectivity index (χ1n) is 7.16. The standard InChI is InChI=1S/C16H20N4O3.ClH/c1-17-14(13-9-19-20(2)10-13)15(21)18-8-11-5-4-6-12(7-11)16(22)23-3;/h4-7,9-10,14,17H,8H2,1-3H3,(H,18,21);1H. The zero-order valence-corrected chi connectivity index (χ0v) is 14.6. The maximum atomic E-state index is 12.3. The van der Waals surface area contributed by atoms with Gasteiger partial charge in [0.1, 0.15) is 6.04 Å². The van der Waals surface area contributed by atoms with Crippen molar-refractivity contribution in [3.8, 4) is 0 Å². The first-order chi connectivity index (χ1) is 11.0. The van der Waals surface area contributed by atoms with Gasteiger partial charge in [-0.25, -0.2) is 4.79 Å². The van der Waals surface area contributed by atoms with Crippen LogP contribution in [-0.2, 0) is 23.1 Å². The molecule has 0 aliphatic rings. The van der Waals surface area contributed by atoms with Crippen molar-refractivity contribution in [3.63, 3.8) is 0 Å². The molecular weight excluding hydrogens is 332 g/mol. The number of rotatable bonds is 6. The molecule has 130 valence electrons. The molecular formula is C16H21ClN4O3. The zero-order valence-electron chi connectivity index (χ0n) is 13.8. The number of amides is 1. The van der Waals surface area contributed by atoms with Crippen LogP contribution in [0, 0.1) is 0 Å². The molecule has 0 saturated carbocycles. The summed E-state index contributed by atoms with van der Waals surface area (Å²) in [5, 5.41) is 9.89. The number of aromatic nitrogens is 2. The fourth-order valence-electron chi connectivity index (χ4n) is 2.26. The Hall–Kier alpha value is -2.38. The van der Waals surface area contributed by atoms with Gasteiger partial charge < -0.3 is 15.4 Å². The molecule has 2 N–H and O–H groups in total. The number of likely N-dealkylation sites (N-methyl/N-ethyl adjacent to an activating group) is 1. The number of carbonyl (C=O) groups is 2. The lowest BCUT2D eigenvalue weighted by Gasteiger charge is -2.14. The molecule has 0 aliphatic heterocycles. The van der Waals surface area contributed by atoms with Crippen molar-refractivity contribution in [3.05, 3.63) is 53.3 Å². The summed E-state index contributed by atoms with van der Waals surface area (Å²) in [5.41, 5.74) is 2.06. The van der Waals surface area contributed by atoms with Crippen LogP contribution in [0.25, 0.3) is 0 Å². The van der Waals surface area contributed by atoms with Gasteiger partial charge >= 0.3 is 5.97 Å². The van der Waals surface area contributed by atoms with Crippen molar-refractivity contribution in [1.82, 2.24) is 20.4 Å². The fraction of sp³-hybridized carbons (Fsp3) is 0.312. The molecule has 0 bridgehead atoms. The largest absolute Gasteiger partial charge is 0.465 e. The molecule has 8 heteroatoms. The quantitative estimate of drug-likeness (QED) is 0.763. The first-order valence-corrected chi connectivity index (χ1v) is 7.16. The highest BCUT2D eigenvalue weighted by molar-refractivity contribution is 5.89. The van der Waals surface area contributed by atoms with E-state index in [1.165, 1.54) is 7.11 Å². The van der Waals surface area contributed by atoms with Crippen LogP contribution in [0.3, 0.4) is 0 Å². The van der Waals surface area contributed by atoms with Crippen LogP contribution in [0.15, 0.2) is 36.7 Å². The molecule has 24 heavy (non-hydrogen) atoms. The van der Waals surface area contributed by atoms with Crippen LogP contribution in [0.1, 0.15) is 27.5 Å². The number of nitrogens with zero attached hydrogens (tertiary/aromatic N) is 2. The Morgan fingerprint density at radius 2 is 2.12 bits per heavy atom. The molecule has 2 rings (SSSR count). The lowest BCUT2D eigenvalue weighted by Crippen LogP contribution is -2.35. The Morgan fingerprint density at radius 3 is 2.71 bits per heavy atom. The molecule has 1 atom stereocenters. The summed E-state index contributed by atoms with van der Waals surface area (Å²) in [6.07, 6.45) is 3.44. The van der Waals surface area contributed by atoms with Crippen molar-refractivity contribution in [2.45, 2.75) is 12.6 Å². The third kappa shape index (κ3) is 4.81. The Kier molecular flexibility index (Phi) is 7.41. The van der Waals surface area contributed by atoms with E-state index in [0.717, 1.165) is 11.1 Å². The number of hydrogen-bond donors (Lipinski definition) is 2. The molecule has 0 spiro atoms. The number of nitrogens with one attached hydrogen (secondary N) is 2. The zero-order chi connectivity index (χ0) is 16.8. The van der Waals surface area contributed by atoms with E-state index < -0.39 is 12.0 Å². The molecule has 1 unspecified atom stereocenters. The van der Waals surface area contributed by atoms with Crippen LogP contribution in [0.5, 0.6) is 0 Å². The van der Waals surface area contributed by atoms with Gasteiger partial charge in [-0.2, -0.15) is 5.10 Å². The van der Waals surface area contributed by atoms with E-state index in [9.17, 15) is 9.59 Å². The van der Waals surface area contributed by atoms with Crippen molar-refractivity contribution in [2.24, 2.45) is 7.05 Å². The molecule has 7 nitrogen and oxygen atoms in total. The number of esters is 1. The Morgan fingerprint density at radius 1 is 1.38 bits per heavy atom. The molecule has 0 radical (unpaired) electrons. The maximum absolute atomic E-state index is 12.3. The van der Waals surface area contributed by atoms with Crippen molar-refractivity contribution >= 4 is 24.3 Å². The van der Waals surface area contributed by atoms with Gasteiger partial charge in [-0.3, -0.25) is 9.48 Å². The summed E-state index contributed by atoms with van der Waals surface area (Å²) in [7, 11) is 4.85. The predicted molar refractivity (Wildman–Crippen MR) is 91.9 cm³/mol. The number of carbonyl (C=O) groups excluding carboxylic acids is 2. The molecule has 1 heterocycles. The lowest BCUT2D eigenvalue weighted by molar-refractivity contribution is -0.123. The topological polar surface area (TPSA) is 85.2 Å². The number of hydrogen-bond acceptors (Lipinski definition) is 5. The van der Waals surface area contributed by atoms with E-state index in [1.807, 2.05) is 6.07 Å². The van der Waals surface area contributed by atoms with Gasteiger partial charge in [0.15, 0.2) is 0 Å². The van der Waals surface area contributed by atoms with Crippen LogP contribution in [0.4, 0.5) is 0 Å². The van der Waals surface area contributed by atoms with Crippen molar-refractivity contribution in [1.29, 1.82) is 0 Å². The molecule has 0 fully saturated rings. The van der Waals surface area contributed by atoms with Gasteiger partial charge in [-0.15, -0.1) is 12.4 Å². The second-order valence-corrected chi connectivity index (χ2v) is 5.08. The molecule has 0 saturated heterocycles. The van der Waals surface area contributed by atoms with Gasteiger partial charge in [0.25, 0.3) is 0 Å². The van der Waals surface area contributed by atoms with Crippen molar-refractivity contribution < 1.29 is 14.3 Å². The average molecular weight is 353 g/mol. The summed E-state index contributed by atoms with van der Waals surface area (Å²) >= 11 is 0. The van der Waals surface area contributed by atoms with E-state index in [1.54, 1.807) is 49.4 Å². The molecule has 1 amide bonds. The number of halogens is 1. The van der Waals surface area contributed by atoms with Crippen molar-refractivity contribution in [2.75, 3.05) is 14.2 Å². The van der Waals surface area contributed by atoms with Gasteiger partial charge in [0, 0.05) is 25.4 Å². The molecule has 1 aromatic heterocycles. The van der Waals surface area contributed by atoms with Gasteiger partial charge in [0.05, 0.1) is 18.9 Å². The van der Waals surface area contributed by atoms with E-state index in [-0.39, 0.29) is 18.3 Å². The number of ether oxygens (including phenoxy) is 1. The number of aryl methyl sites for hydroxylation is 1.